The van der Waals surface area contributed by atoms with Crippen molar-refractivity contribution in [2.45, 2.75) is 19.9 Å². The SMILES string of the molecule is CCCNCc1cc2c(cc1O)OCO2. The highest BCUT2D eigenvalue weighted by Crippen LogP contribution is 2.37. The largest absolute Gasteiger partial charge is 0.507 e. The van der Waals surface area contributed by atoms with Crippen LogP contribution in [0.4, 0.5) is 0 Å². The number of fused-ring (bicyclic) bond motifs is 1. The Morgan fingerprint density at radius 2 is 2.07 bits per heavy atom. The third kappa shape index (κ3) is 2.15. The molecule has 1 heterocycles. The molecule has 0 aromatic heterocycles. The number of hydrogen-bond acceptors (Lipinski definition) is 4. The van der Waals surface area contributed by atoms with Crippen LogP contribution >= 0.6 is 0 Å². The van der Waals surface area contributed by atoms with E-state index in [1.165, 1.54) is 0 Å². The van der Waals surface area contributed by atoms with Gasteiger partial charge in [-0.05, 0) is 19.0 Å². The van der Waals surface area contributed by atoms with Crippen LogP contribution in [0.15, 0.2) is 12.1 Å². The quantitative estimate of drug-likeness (QED) is 0.740. The molecule has 0 saturated heterocycles. The standard InChI is InChI=1S/C11H15NO3/c1-2-3-12-6-8-4-10-11(5-9(8)13)15-7-14-10/h4-5,12-13H,2-3,6-7H2,1H3. The van der Waals surface area contributed by atoms with E-state index >= 15 is 0 Å². The minimum atomic E-state index is 0.237. The Bertz CT molecular complexity index is 352. The predicted octanol–water partition coefficient (Wildman–Crippen LogP) is 1.62. The van der Waals surface area contributed by atoms with Crippen molar-refractivity contribution in [3.8, 4) is 17.2 Å². The second-order valence-electron chi connectivity index (χ2n) is 3.51. The minimum Gasteiger partial charge on any atom is -0.507 e. The normalized spacial score (nSPS) is 13.1. The second kappa shape index (κ2) is 4.40. The molecular weight excluding hydrogens is 194 g/mol. The van der Waals surface area contributed by atoms with Crippen LogP contribution in [0.1, 0.15) is 18.9 Å². The van der Waals surface area contributed by atoms with Crippen LogP contribution in [0.2, 0.25) is 0 Å². The summed E-state index contributed by atoms with van der Waals surface area (Å²) in [5, 5.41) is 12.9. The average molecular weight is 209 g/mol. The van der Waals surface area contributed by atoms with E-state index in [0.29, 0.717) is 18.0 Å². The first kappa shape index (κ1) is 10.1. The summed E-state index contributed by atoms with van der Waals surface area (Å²) in [6, 6.07) is 3.42. The smallest absolute Gasteiger partial charge is 0.231 e. The lowest BCUT2D eigenvalue weighted by Gasteiger charge is -2.07. The van der Waals surface area contributed by atoms with Gasteiger partial charge in [0.2, 0.25) is 6.79 Å². The van der Waals surface area contributed by atoms with Crippen molar-refractivity contribution in [1.82, 2.24) is 5.32 Å². The number of aromatic hydroxyl groups is 1. The van der Waals surface area contributed by atoms with Gasteiger partial charge in [0.1, 0.15) is 5.75 Å². The van der Waals surface area contributed by atoms with E-state index in [-0.39, 0.29) is 12.5 Å². The number of ether oxygens (including phenoxy) is 2. The molecule has 0 bridgehead atoms. The zero-order valence-corrected chi connectivity index (χ0v) is 8.75. The average Bonchev–Trinajstić information content (AvgIpc) is 2.65. The zero-order chi connectivity index (χ0) is 10.7. The molecular formula is C11H15NO3. The van der Waals surface area contributed by atoms with Crippen molar-refractivity contribution >= 4 is 0 Å². The molecule has 1 aromatic carbocycles. The lowest BCUT2D eigenvalue weighted by Crippen LogP contribution is -2.13. The Labute approximate surface area is 88.8 Å². The van der Waals surface area contributed by atoms with Crippen LogP contribution in [0.3, 0.4) is 0 Å². The molecule has 0 atom stereocenters. The number of benzene rings is 1. The van der Waals surface area contributed by atoms with E-state index in [1.54, 1.807) is 6.07 Å². The summed E-state index contributed by atoms with van der Waals surface area (Å²) in [6.07, 6.45) is 1.07. The highest BCUT2D eigenvalue weighted by Gasteiger charge is 2.16. The van der Waals surface area contributed by atoms with Gasteiger partial charge in [0.05, 0.1) is 0 Å². The lowest BCUT2D eigenvalue weighted by molar-refractivity contribution is 0.174. The van der Waals surface area contributed by atoms with Gasteiger partial charge in [-0.1, -0.05) is 6.92 Å². The molecule has 1 aliphatic heterocycles. The molecule has 0 amide bonds. The van der Waals surface area contributed by atoms with Gasteiger partial charge in [-0.15, -0.1) is 0 Å². The Hall–Kier alpha value is -1.42. The van der Waals surface area contributed by atoms with Crippen molar-refractivity contribution < 1.29 is 14.6 Å². The fourth-order valence-electron chi connectivity index (χ4n) is 1.51. The van der Waals surface area contributed by atoms with Crippen LogP contribution in [0.25, 0.3) is 0 Å². The number of phenols is 1. The van der Waals surface area contributed by atoms with Crippen molar-refractivity contribution in [3.05, 3.63) is 17.7 Å². The van der Waals surface area contributed by atoms with Crippen molar-refractivity contribution in [2.24, 2.45) is 0 Å². The minimum absolute atomic E-state index is 0.237. The Kier molecular flexibility index (Phi) is 2.97. The van der Waals surface area contributed by atoms with Crippen LogP contribution in [0, 0.1) is 0 Å². The van der Waals surface area contributed by atoms with Crippen LogP contribution in [-0.2, 0) is 6.54 Å². The molecule has 2 rings (SSSR count). The van der Waals surface area contributed by atoms with Gasteiger partial charge in [-0.3, -0.25) is 0 Å². The fourth-order valence-corrected chi connectivity index (χ4v) is 1.51. The van der Waals surface area contributed by atoms with Crippen LogP contribution in [-0.4, -0.2) is 18.4 Å². The van der Waals surface area contributed by atoms with E-state index < -0.39 is 0 Å². The number of nitrogens with one attached hydrogen (secondary N) is 1. The molecule has 0 fully saturated rings. The number of rotatable bonds is 4. The summed E-state index contributed by atoms with van der Waals surface area (Å²) in [6.45, 7) is 3.93. The van der Waals surface area contributed by atoms with E-state index in [1.807, 2.05) is 6.07 Å². The maximum atomic E-state index is 9.70. The Morgan fingerprint density at radius 1 is 1.33 bits per heavy atom. The Morgan fingerprint density at radius 3 is 2.80 bits per heavy atom. The van der Waals surface area contributed by atoms with Gasteiger partial charge in [0.25, 0.3) is 0 Å². The summed E-state index contributed by atoms with van der Waals surface area (Å²) in [7, 11) is 0. The lowest BCUT2D eigenvalue weighted by atomic mass is 10.1. The summed E-state index contributed by atoms with van der Waals surface area (Å²) in [4.78, 5) is 0. The van der Waals surface area contributed by atoms with Crippen molar-refractivity contribution in [1.29, 1.82) is 0 Å². The highest BCUT2D eigenvalue weighted by atomic mass is 16.7. The molecule has 1 aromatic rings. The highest BCUT2D eigenvalue weighted by molar-refractivity contribution is 5.51. The van der Waals surface area contributed by atoms with Crippen molar-refractivity contribution in [3.63, 3.8) is 0 Å². The van der Waals surface area contributed by atoms with Gasteiger partial charge in [0, 0.05) is 18.2 Å². The zero-order valence-electron chi connectivity index (χ0n) is 8.75. The summed E-state index contributed by atoms with van der Waals surface area (Å²) < 4.78 is 10.4. The first-order valence-electron chi connectivity index (χ1n) is 5.13. The molecule has 0 saturated carbocycles. The van der Waals surface area contributed by atoms with Crippen LogP contribution < -0.4 is 14.8 Å². The van der Waals surface area contributed by atoms with E-state index in [2.05, 4.69) is 12.2 Å². The van der Waals surface area contributed by atoms with Crippen molar-refractivity contribution in [2.75, 3.05) is 13.3 Å². The maximum Gasteiger partial charge on any atom is 0.231 e. The molecule has 4 heteroatoms. The third-order valence-corrected chi connectivity index (χ3v) is 2.32. The Balaban J connectivity index is 2.10. The number of phenolic OH excluding ortho intramolecular Hbond substituents is 1. The summed E-state index contributed by atoms with van der Waals surface area (Å²) in [5.74, 6) is 1.58. The molecule has 82 valence electrons. The first-order chi connectivity index (χ1) is 7.31. The van der Waals surface area contributed by atoms with Gasteiger partial charge in [-0.2, -0.15) is 0 Å². The van der Waals surface area contributed by atoms with Crippen LogP contribution in [0.5, 0.6) is 17.2 Å². The molecule has 15 heavy (non-hydrogen) atoms. The van der Waals surface area contributed by atoms with Gasteiger partial charge < -0.3 is 19.9 Å². The van der Waals surface area contributed by atoms with Gasteiger partial charge >= 0.3 is 0 Å². The topological polar surface area (TPSA) is 50.7 Å². The van der Waals surface area contributed by atoms with E-state index in [4.69, 9.17) is 9.47 Å². The molecule has 0 aliphatic carbocycles. The molecule has 0 unspecified atom stereocenters. The first-order valence-corrected chi connectivity index (χ1v) is 5.13. The molecule has 1 aliphatic rings. The molecule has 0 radical (unpaired) electrons. The second-order valence-corrected chi connectivity index (χ2v) is 3.51. The summed E-state index contributed by atoms with van der Waals surface area (Å²) in [5.41, 5.74) is 0.840. The van der Waals surface area contributed by atoms with E-state index in [0.717, 1.165) is 18.5 Å². The van der Waals surface area contributed by atoms with E-state index in [9.17, 15) is 5.11 Å². The maximum absolute atomic E-state index is 9.70. The fraction of sp³-hybridized carbons (Fsp3) is 0.455. The summed E-state index contributed by atoms with van der Waals surface area (Å²) >= 11 is 0. The third-order valence-electron chi connectivity index (χ3n) is 2.32. The molecule has 0 spiro atoms. The monoisotopic (exact) mass is 209 g/mol. The predicted molar refractivity (Wildman–Crippen MR) is 56.2 cm³/mol. The molecule has 4 nitrogen and oxygen atoms in total. The van der Waals surface area contributed by atoms with Gasteiger partial charge in [0.15, 0.2) is 11.5 Å². The number of hydrogen-bond donors (Lipinski definition) is 2. The van der Waals surface area contributed by atoms with Gasteiger partial charge in [-0.25, -0.2) is 0 Å². The molecule has 2 N–H and O–H groups in total.